The molecule has 3 rings (SSSR count). The summed E-state index contributed by atoms with van der Waals surface area (Å²) in [5.41, 5.74) is -3.72. The van der Waals surface area contributed by atoms with Gasteiger partial charge in [0.2, 0.25) is 0 Å². The highest BCUT2D eigenvalue weighted by molar-refractivity contribution is 7.91. The van der Waals surface area contributed by atoms with Crippen LogP contribution in [0.2, 0.25) is 0 Å². The first-order valence-corrected chi connectivity index (χ1v) is 15.6. The molecule has 1 fully saturated rings. The summed E-state index contributed by atoms with van der Waals surface area (Å²) < 4.78 is 80.1. The van der Waals surface area contributed by atoms with Crippen LogP contribution in [0.3, 0.4) is 0 Å². The molecule has 0 aliphatic carbocycles. The molecule has 222 valence electrons. The number of hydrogen-bond donors (Lipinski definition) is 0. The molecule has 0 bridgehead atoms. The van der Waals surface area contributed by atoms with E-state index < -0.39 is 76.4 Å². The Labute approximate surface area is 235 Å². The highest BCUT2D eigenvalue weighted by atomic mass is 32.2. The van der Waals surface area contributed by atoms with Crippen LogP contribution in [0, 0.1) is 0 Å². The first-order valence-electron chi connectivity index (χ1n) is 11.2. The zero-order valence-electron chi connectivity index (χ0n) is 22.2. The van der Waals surface area contributed by atoms with Crippen LogP contribution in [0.25, 0.3) is 0 Å². The summed E-state index contributed by atoms with van der Waals surface area (Å²) in [6.45, 7) is 0. The molecule has 0 radical (unpaired) electrons. The summed E-state index contributed by atoms with van der Waals surface area (Å²) in [4.78, 5) is 54.2. The molecule has 41 heavy (non-hydrogen) atoms. The summed E-state index contributed by atoms with van der Waals surface area (Å²) in [5.74, 6) is -5.49. The Balaban J connectivity index is 2.67. The molecule has 1 atom stereocenters. The van der Waals surface area contributed by atoms with Gasteiger partial charge >= 0.3 is 18.0 Å². The third-order valence-electron chi connectivity index (χ3n) is 5.91. The Morgan fingerprint density at radius 3 is 1.54 bits per heavy atom. The highest BCUT2D eigenvalue weighted by Crippen LogP contribution is 2.55. The number of benzene rings is 2. The fraction of sp³-hybridized carbons (Fsp3) is 0.261. The fourth-order valence-corrected chi connectivity index (χ4v) is 9.17. The second kappa shape index (κ2) is 11.7. The lowest BCUT2D eigenvalue weighted by atomic mass is 9.95. The minimum absolute atomic E-state index is 0.359. The Morgan fingerprint density at radius 1 is 0.707 bits per heavy atom. The van der Waals surface area contributed by atoms with Crippen molar-refractivity contribution in [3.8, 4) is 0 Å². The average molecular weight is 633 g/mol. The molecule has 1 saturated heterocycles. The number of hydrogen-bond acceptors (Lipinski definition) is 13. The van der Waals surface area contributed by atoms with Crippen LogP contribution in [0.4, 0.5) is 4.79 Å². The third kappa shape index (κ3) is 4.73. The van der Waals surface area contributed by atoms with Gasteiger partial charge < -0.3 is 23.0 Å². The van der Waals surface area contributed by atoms with Gasteiger partial charge in [0.05, 0.1) is 24.0 Å². The number of amides is 3. The largest absolute Gasteiger partial charge is 0.467 e. The van der Waals surface area contributed by atoms with Crippen molar-refractivity contribution in [3.63, 3.8) is 0 Å². The number of ether oxygens (including phenoxy) is 2. The molecule has 0 saturated carbocycles. The van der Waals surface area contributed by atoms with Gasteiger partial charge in [0.1, 0.15) is 0 Å². The van der Waals surface area contributed by atoms with Crippen molar-refractivity contribution >= 4 is 56.8 Å². The van der Waals surface area contributed by atoms with Gasteiger partial charge in [-0.1, -0.05) is 36.4 Å². The molecule has 15 nitrogen and oxygen atoms in total. The van der Waals surface area contributed by atoms with Gasteiger partial charge in [-0.2, -0.15) is 4.31 Å². The van der Waals surface area contributed by atoms with Crippen LogP contribution in [-0.2, 0) is 57.5 Å². The van der Waals surface area contributed by atoms with Gasteiger partial charge in [-0.25, -0.2) is 31.2 Å². The highest BCUT2D eigenvalue weighted by Gasteiger charge is 2.75. The number of carbonyl (C=O) groups is 4. The lowest BCUT2D eigenvalue weighted by Gasteiger charge is -2.35. The van der Waals surface area contributed by atoms with Crippen LogP contribution in [0.5, 0.6) is 0 Å². The van der Waals surface area contributed by atoms with Gasteiger partial charge in [0.15, 0.2) is 5.29 Å². The summed E-state index contributed by atoms with van der Waals surface area (Å²) in [5, 5.41) is -1.28. The minimum Gasteiger partial charge on any atom is -0.467 e. The molecule has 0 aromatic heterocycles. The quantitative estimate of drug-likeness (QED) is 0.156. The Bertz CT molecular complexity index is 1630. The van der Waals surface area contributed by atoms with E-state index in [2.05, 4.69) is 0 Å². The van der Waals surface area contributed by atoms with Crippen molar-refractivity contribution in [3.05, 3.63) is 60.7 Å². The number of sulfonamides is 2. The predicted molar refractivity (Wildman–Crippen MR) is 141 cm³/mol. The standard InChI is InChI=1S/C23H25N2O13PS2/c1-34-19(26)18(39(36-3,37-4)38-5)23(21(28)35-2)20(27)24(40(30,31)16-12-8-6-9-13-16)22(29)25(23)41(32,33)17-14-10-7-11-15-17/h6-15H,1-5H3. The Hall–Kier alpha value is -3.60. The SMILES string of the molecule is COC(=O)C(C1(C(=O)OC)C(=O)N(S(=O)(=O)c2ccccc2)C(=O)N1S(=O)(=O)c1ccccc1)=P(OC)(OC)OC. The predicted octanol–water partition coefficient (Wildman–Crippen LogP) is 0.987. The summed E-state index contributed by atoms with van der Waals surface area (Å²) >= 11 is 0. The van der Waals surface area contributed by atoms with Crippen LogP contribution >= 0.6 is 7.57 Å². The molecule has 1 heterocycles. The monoisotopic (exact) mass is 632 g/mol. The maximum Gasteiger partial charge on any atom is 0.357 e. The van der Waals surface area contributed by atoms with Gasteiger partial charge in [-0.3, -0.25) is 4.79 Å². The van der Waals surface area contributed by atoms with E-state index in [9.17, 15) is 36.0 Å². The zero-order valence-corrected chi connectivity index (χ0v) is 24.8. The van der Waals surface area contributed by atoms with E-state index in [0.717, 1.165) is 52.7 Å². The summed E-state index contributed by atoms with van der Waals surface area (Å²) in [6.07, 6.45) is 0. The van der Waals surface area contributed by atoms with Gasteiger partial charge in [0.25, 0.3) is 39.1 Å². The van der Waals surface area contributed by atoms with Gasteiger partial charge in [-0.05, 0) is 24.3 Å². The van der Waals surface area contributed by atoms with Crippen molar-refractivity contribution in [1.82, 2.24) is 8.61 Å². The summed E-state index contributed by atoms with van der Waals surface area (Å²) in [6, 6.07) is 9.95. The van der Waals surface area contributed by atoms with Crippen LogP contribution in [-0.4, -0.2) is 95.7 Å². The number of urea groups is 1. The normalized spacial score (nSPS) is 17.9. The van der Waals surface area contributed by atoms with E-state index in [1.165, 1.54) is 36.4 Å². The lowest BCUT2D eigenvalue weighted by Crippen LogP contribution is -2.66. The minimum atomic E-state index is -5.35. The maximum atomic E-state index is 14.3. The molecule has 1 aliphatic rings. The van der Waals surface area contributed by atoms with Crippen molar-refractivity contribution in [2.75, 3.05) is 35.5 Å². The van der Waals surface area contributed by atoms with Gasteiger partial charge in [0, 0.05) is 21.3 Å². The van der Waals surface area contributed by atoms with Crippen LogP contribution < -0.4 is 0 Å². The number of carbonyl (C=O) groups excluding carboxylic acids is 4. The van der Waals surface area contributed by atoms with E-state index in [0.29, 0.717) is 7.11 Å². The molecule has 2 aromatic carbocycles. The number of nitrogens with zero attached hydrogens (tertiary/aromatic N) is 2. The van der Waals surface area contributed by atoms with Crippen molar-refractivity contribution < 1.29 is 59.1 Å². The lowest BCUT2D eigenvalue weighted by molar-refractivity contribution is -0.152. The number of rotatable bonds is 10. The summed E-state index contributed by atoms with van der Waals surface area (Å²) in [7, 11) is -10.7. The molecular formula is C23H25N2O13PS2. The van der Waals surface area contributed by atoms with E-state index in [4.69, 9.17) is 23.0 Å². The van der Waals surface area contributed by atoms with E-state index >= 15 is 0 Å². The maximum absolute atomic E-state index is 14.3. The van der Waals surface area contributed by atoms with Crippen LogP contribution in [0.1, 0.15) is 0 Å². The number of imide groups is 1. The second-order valence-corrected chi connectivity index (χ2v) is 14.0. The van der Waals surface area contributed by atoms with Crippen molar-refractivity contribution in [2.45, 2.75) is 15.3 Å². The average Bonchev–Trinajstić information content (AvgIpc) is 3.23. The molecule has 0 spiro atoms. The first kappa shape index (κ1) is 31.9. The zero-order chi connectivity index (χ0) is 30.8. The topological polar surface area (TPSA) is 189 Å². The van der Waals surface area contributed by atoms with Crippen molar-refractivity contribution in [1.29, 1.82) is 0 Å². The molecule has 2 aromatic rings. The molecule has 18 heteroatoms. The second-order valence-electron chi connectivity index (χ2n) is 7.84. The Morgan fingerprint density at radius 2 is 1.15 bits per heavy atom. The molecule has 0 N–H and O–H groups in total. The van der Waals surface area contributed by atoms with Gasteiger partial charge in [-0.15, -0.1) is 4.31 Å². The smallest absolute Gasteiger partial charge is 0.357 e. The third-order valence-corrected chi connectivity index (χ3v) is 11.9. The fourth-order valence-electron chi connectivity index (χ4n) is 4.10. The number of esters is 2. The van der Waals surface area contributed by atoms with E-state index in [-0.39, 0.29) is 4.31 Å². The molecule has 1 unspecified atom stereocenters. The molecule has 3 amide bonds. The number of methoxy groups -OCH3 is 2. The Kier molecular flexibility index (Phi) is 9.12. The first-order chi connectivity index (χ1) is 19.3. The molecule has 1 aliphatic heterocycles. The molecular weight excluding hydrogens is 607 g/mol. The van der Waals surface area contributed by atoms with Crippen LogP contribution in [0.15, 0.2) is 70.5 Å². The van der Waals surface area contributed by atoms with E-state index in [1.807, 2.05) is 0 Å². The van der Waals surface area contributed by atoms with Crippen molar-refractivity contribution in [2.24, 2.45) is 0 Å². The van der Waals surface area contributed by atoms with E-state index in [1.54, 1.807) is 0 Å².